The molecule has 96 valence electrons. The van der Waals surface area contributed by atoms with Crippen molar-refractivity contribution in [2.45, 2.75) is 18.2 Å². The van der Waals surface area contributed by atoms with Crippen molar-refractivity contribution in [2.24, 2.45) is 0 Å². The quantitative estimate of drug-likeness (QED) is 0.739. The van der Waals surface area contributed by atoms with Crippen LogP contribution in [-0.2, 0) is 20.6 Å². The summed E-state index contributed by atoms with van der Waals surface area (Å²) < 4.78 is 25.6. The number of nitrogens with one attached hydrogen (secondary N) is 1. The van der Waals surface area contributed by atoms with Gasteiger partial charge in [0.1, 0.15) is 6.04 Å². The molecule has 18 heavy (non-hydrogen) atoms. The maximum absolute atomic E-state index is 11.7. The summed E-state index contributed by atoms with van der Waals surface area (Å²) >= 11 is 0. The molecule has 0 saturated heterocycles. The third-order valence-corrected chi connectivity index (χ3v) is 3.50. The van der Waals surface area contributed by atoms with Crippen LogP contribution in [0.4, 0.5) is 0 Å². The van der Waals surface area contributed by atoms with E-state index in [0.717, 1.165) is 0 Å². The number of sulfonamides is 1. The minimum atomic E-state index is -3.73. The van der Waals surface area contributed by atoms with Crippen molar-refractivity contribution in [3.8, 4) is 12.3 Å². The largest absolute Gasteiger partial charge is 0.480 e. The first-order chi connectivity index (χ1) is 8.44. The standard InChI is InChI=1S/C12H13NO4S/c1-2-6-11(12(14)15)13-18(16,17)9-10-7-4-3-5-8-10/h1,3-5,7-8,11,13H,6,9H2,(H,14,15). The molecule has 2 N–H and O–H groups in total. The summed E-state index contributed by atoms with van der Waals surface area (Å²) in [5.41, 5.74) is 0.579. The number of rotatable bonds is 6. The Hall–Kier alpha value is -1.84. The Morgan fingerprint density at radius 1 is 1.39 bits per heavy atom. The maximum Gasteiger partial charge on any atom is 0.322 e. The van der Waals surface area contributed by atoms with E-state index >= 15 is 0 Å². The highest BCUT2D eigenvalue weighted by atomic mass is 32.2. The van der Waals surface area contributed by atoms with Crippen LogP contribution in [0.15, 0.2) is 30.3 Å². The van der Waals surface area contributed by atoms with Gasteiger partial charge in [-0.2, -0.15) is 4.72 Å². The number of carboxylic acids is 1. The zero-order valence-electron chi connectivity index (χ0n) is 9.54. The zero-order valence-corrected chi connectivity index (χ0v) is 10.4. The first-order valence-electron chi connectivity index (χ1n) is 5.15. The fraction of sp³-hybridized carbons (Fsp3) is 0.250. The molecule has 0 aliphatic rings. The second-order valence-corrected chi connectivity index (χ2v) is 5.42. The summed E-state index contributed by atoms with van der Waals surface area (Å²) in [6.45, 7) is 0. The van der Waals surface area contributed by atoms with E-state index in [0.29, 0.717) is 5.56 Å². The molecule has 0 radical (unpaired) electrons. The van der Waals surface area contributed by atoms with Crippen molar-refractivity contribution in [1.82, 2.24) is 4.72 Å². The van der Waals surface area contributed by atoms with E-state index in [4.69, 9.17) is 11.5 Å². The van der Waals surface area contributed by atoms with Crippen molar-refractivity contribution in [2.75, 3.05) is 0 Å². The van der Waals surface area contributed by atoms with Gasteiger partial charge >= 0.3 is 5.97 Å². The molecule has 0 spiro atoms. The van der Waals surface area contributed by atoms with Gasteiger partial charge in [0.05, 0.1) is 5.75 Å². The maximum atomic E-state index is 11.7. The molecule has 0 aliphatic heterocycles. The summed E-state index contributed by atoms with van der Waals surface area (Å²) in [5.74, 6) is 0.565. The Kier molecular flexibility index (Phi) is 4.89. The molecule has 0 saturated carbocycles. The van der Waals surface area contributed by atoms with Gasteiger partial charge in [-0.25, -0.2) is 8.42 Å². The van der Waals surface area contributed by atoms with Crippen molar-refractivity contribution in [3.05, 3.63) is 35.9 Å². The predicted octanol–water partition coefficient (Wildman–Crippen LogP) is 0.583. The highest BCUT2D eigenvalue weighted by molar-refractivity contribution is 7.88. The van der Waals surface area contributed by atoms with Crippen LogP contribution >= 0.6 is 0 Å². The van der Waals surface area contributed by atoms with E-state index in [9.17, 15) is 13.2 Å². The minimum Gasteiger partial charge on any atom is -0.480 e. The highest BCUT2D eigenvalue weighted by Gasteiger charge is 2.23. The summed E-state index contributed by atoms with van der Waals surface area (Å²) in [4.78, 5) is 10.8. The summed E-state index contributed by atoms with van der Waals surface area (Å²) in [6.07, 6.45) is 4.80. The average Bonchev–Trinajstić information content (AvgIpc) is 2.28. The second kappa shape index (κ2) is 6.19. The molecule has 0 bridgehead atoms. The first-order valence-corrected chi connectivity index (χ1v) is 6.80. The highest BCUT2D eigenvalue weighted by Crippen LogP contribution is 2.05. The van der Waals surface area contributed by atoms with Gasteiger partial charge in [0.15, 0.2) is 0 Å². The number of terminal acetylenes is 1. The fourth-order valence-corrected chi connectivity index (χ4v) is 2.68. The van der Waals surface area contributed by atoms with Gasteiger partial charge in [-0.05, 0) is 5.56 Å². The lowest BCUT2D eigenvalue weighted by Gasteiger charge is -2.12. The molecule has 0 amide bonds. The van der Waals surface area contributed by atoms with Crippen LogP contribution in [-0.4, -0.2) is 25.5 Å². The van der Waals surface area contributed by atoms with E-state index < -0.39 is 22.0 Å². The molecule has 0 aromatic heterocycles. The molecule has 0 heterocycles. The summed E-state index contributed by atoms with van der Waals surface area (Å²) in [7, 11) is -3.73. The Morgan fingerprint density at radius 3 is 2.50 bits per heavy atom. The van der Waals surface area contributed by atoms with Gasteiger partial charge in [-0.15, -0.1) is 12.3 Å². The second-order valence-electron chi connectivity index (χ2n) is 3.66. The Balaban J connectivity index is 2.76. The van der Waals surface area contributed by atoms with E-state index in [1.54, 1.807) is 30.3 Å². The number of aliphatic carboxylic acids is 1. The minimum absolute atomic E-state index is 0.191. The number of carboxylic acid groups (broad SMARTS) is 1. The molecule has 5 nitrogen and oxygen atoms in total. The third kappa shape index (κ3) is 4.57. The molecule has 1 aromatic rings. The van der Waals surface area contributed by atoms with Crippen LogP contribution in [0.1, 0.15) is 12.0 Å². The molecule has 6 heteroatoms. The van der Waals surface area contributed by atoms with Crippen molar-refractivity contribution >= 4 is 16.0 Å². The molecule has 0 aliphatic carbocycles. The normalized spacial score (nSPS) is 12.6. The van der Waals surface area contributed by atoms with Crippen LogP contribution in [0.2, 0.25) is 0 Å². The lowest BCUT2D eigenvalue weighted by Crippen LogP contribution is -2.41. The van der Waals surface area contributed by atoms with Crippen molar-refractivity contribution < 1.29 is 18.3 Å². The van der Waals surface area contributed by atoms with E-state index in [1.165, 1.54) is 0 Å². The molecule has 1 unspecified atom stereocenters. The number of hydrogen-bond donors (Lipinski definition) is 2. The molecule has 1 rings (SSSR count). The van der Waals surface area contributed by atoms with Crippen molar-refractivity contribution in [3.63, 3.8) is 0 Å². The SMILES string of the molecule is C#CCC(NS(=O)(=O)Cc1ccccc1)C(=O)O. The van der Waals surface area contributed by atoms with Crippen LogP contribution in [0.3, 0.4) is 0 Å². The molecular formula is C12H13NO4S. The molecule has 1 aromatic carbocycles. The van der Waals surface area contributed by atoms with Gasteiger partial charge in [-0.1, -0.05) is 30.3 Å². The van der Waals surface area contributed by atoms with Gasteiger partial charge in [0, 0.05) is 6.42 Å². The predicted molar refractivity (Wildman–Crippen MR) is 67.1 cm³/mol. The molecular weight excluding hydrogens is 254 g/mol. The zero-order chi connectivity index (χ0) is 13.6. The number of benzene rings is 1. The van der Waals surface area contributed by atoms with E-state index in [1.807, 2.05) is 0 Å². The Bertz CT molecular complexity index is 545. The fourth-order valence-electron chi connectivity index (χ4n) is 1.35. The van der Waals surface area contributed by atoms with E-state index in [-0.39, 0.29) is 12.2 Å². The molecule has 1 atom stereocenters. The van der Waals surface area contributed by atoms with Crippen LogP contribution in [0.25, 0.3) is 0 Å². The van der Waals surface area contributed by atoms with Crippen LogP contribution in [0, 0.1) is 12.3 Å². The monoisotopic (exact) mass is 267 g/mol. The smallest absolute Gasteiger partial charge is 0.322 e. The number of carbonyl (C=O) groups is 1. The van der Waals surface area contributed by atoms with Crippen LogP contribution < -0.4 is 4.72 Å². The average molecular weight is 267 g/mol. The number of hydrogen-bond acceptors (Lipinski definition) is 3. The topological polar surface area (TPSA) is 83.5 Å². The third-order valence-electron chi connectivity index (χ3n) is 2.14. The van der Waals surface area contributed by atoms with Gasteiger partial charge in [-0.3, -0.25) is 4.79 Å². The van der Waals surface area contributed by atoms with Crippen molar-refractivity contribution in [1.29, 1.82) is 0 Å². The Morgan fingerprint density at radius 2 is 2.00 bits per heavy atom. The summed E-state index contributed by atoms with van der Waals surface area (Å²) in [5, 5.41) is 8.81. The van der Waals surface area contributed by atoms with Gasteiger partial charge in [0.2, 0.25) is 10.0 Å². The Labute approximate surface area is 106 Å². The van der Waals surface area contributed by atoms with Gasteiger partial charge in [0.25, 0.3) is 0 Å². The van der Waals surface area contributed by atoms with E-state index in [2.05, 4.69) is 10.6 Å². The van der Waals surface area contributed by atoms with Gasteiger partial charge < -0.3 is 5.11 Å². The first kappa shape index (κ1) is 14.2. The lowest BCUT2D eigenvalue weighted by atomic mass is 10.2. The van der Waals surface area contributed by atoms with Crippen LogP contribution in [0.5, 0.6) is 0 Å². The molecule has 0 fully saturated rings. The summed E-state index contributed by atoms with van der Waals surface area (Å²) in [6, 6.07) is 7.19. The lowest BCUT2D eigenvalue weighted by molar-refractivity contribution is -0.138.